The van der Waals surface area contributed by atoms with Crippen molar-refractivity contribution < 1.29 is 0 Å². The Bertz CT molecular complexity index is 551. The van der Waals surface area contributed by atoms with Crippen LogP contribution < -0.4 is 5.32 Å². The van der Waals surface area contributed by atoms with Crippen molar-refractivity contribution in [2.45, 2.75) is 26.3 Å². The van der Waals surface area contributed by atoms with Gasteiger partial charge in [0.2, 0.25) is 0 Å². The summed E-state index contributed by atoms with van der Waals surface area (Å²) in [6.07, 6.45) is 1.07. The molecule has 0 saturated carbocycles. The highest BCUT2D eigenvalue weighted by atomic mass is 79.9. The summed E-state index contributed by atoms with van der Waals surface area (Å²) in [5.74, 6) is 0. The van der Waals surface area contributed by atoms with E-state index >= 15 is 0 Å². The summed E-state index contributed by atoms with van der Waals surface area (Å²) in [7, 11) is 0. The SMILES string of the molecule is CCc1ccc(C(C)Nc2ccc(Br)c(Cl)c2)cc1. The van der Waals surface area contributed by atoms with Crippen LogP contribution in [0.5, 0.6) is 0 Å². The molecule has 2 rings (SSSR count). The summed E-state index contributed by atoms with van der Waals surface area (Å²) < 4.78 is 0.916. The number of rotatable bonds is 4. The van der Waals surface area contributed by atoms with Crippen molar-refractivity contribution in [3.63, 3.8) is 0 Å². The van der Waals surface area contributed by atoms with E-state index in [0.29, 0.717) is 0 Å². The summed E-state index contributed by atoms with van der Waals surface area (Å²) in [5, 5.41) is 4.18. The molecule has 0 bridgehead atoms. The molecule has 0 spiro atoms. The fourth-order valence-electron chi connectivity index (χ4n) is 1.96. The van der Waals surface area contributed by atoms with Crippen LogP contribution in [0.2, 0.25) is 5.02 Å². The number of aryl methyl sites for hydroxylation is 1. The molecular formula is C16H17BrClN. The molecule has 100 valence electrons. The average Bonchev–Trinajstić information content (AvgIpc) is 2.43. The summed E-state index contributed by atoms with van der Waals surface area (Å²) >= 11 is 9.49. The predicted molar refractivity (Wildman–Crippen MR) is 87.0 cm³/mol. The molecule has 1 N–H and O–H groups in total. The highest BCUT2D eigenvalue weighted by Crippen LogP contribution is 2.27. The van der Waals surface area contributed by atoms with Gasteiger partial charge in [0, 0.05) is 16.2 Å². The Balaban J connectivity index is 2.10. The van der Waals surface area contributed by atoms with E-state index in [9.17, 15) is 0 Å². The van der Waals surface area contributed by atoms with Crippen molar-refractivity contribution >= 4 is 33.2 Å². The normalized spacial score (nSPS) is 12.2. The lowest BCUT2D eigenvalue weighted by Gasteiger charge is -2.16. The van der Waals surface area contributed by atoms with Crippen molar-refractivity contribution in [2.24, 2.45) is 0 Å². The minimum absolute atomic E-state index is 0.253. The van der Waals surface area contributed by atoms with E-state index in [1.807, 2.05) is 18.2 Å². The Morgan fingerprint density at radius 3 is 2.42 bits per heavy atom. The molecule has 3 heteroatoms. The maximum Gasteiger partial charge on any atom is 0.0568 e. The van der Waals surface area contributed by atoms with Crippen molar-refractivity contribution in [3.05, 3.63) is 63.1 Å². The third-order valence-corrected chi connectivity index (χ3v) is 4.42. The van der Waals surface area contributed by atoms with Gasteiger partial charge < -0.3 is 5.32 Å². The van der Waals surface area contributed by atoms with Crippen LogP contribution in [0.1, 0.15) is 31.0 Å². The first kappa shape index (κ1) is 14.4. The monoisotopic (exact) mass is 337 g/mol. The Hall–Kier alpha value is -0.990. The van der Waals surface area contributed by atoms with Crippen LogP contribution in [-0.2, 0) is 6.42 Å². The molecule has 2 aromatic rings. The quantitative estimate of drug-likeness (QED) is 0.738. The number of anilines is 1. The standard InChI is InChI=1S/C16H17BrClN/c1-3-12-4-6-13(7-5-12)11(2)19-14-8-9-15(17)16(18)10-14/h4-11,19H,3H2,1-2H3. The fourth-order valence-corrected chi connectivity index (χ4v) is 2.39. The molecule has 0 fully saturated rings. The minimum Gasteiger partial charge on any atom is -0.378 e. The fraction of sp³-hybridized carbons (Fsp3) is 0.250. The van der Waals surface area contributed by atoms with Crippen LogP contribution in [0.15, 0.2) is 46.9 Å². The first-order chi connectivity index (χ1) is 9.10. The smallest absolute Gasteiger partial charge is 0.0568 e. The van der Waals surface area contributed by atoms with Gasteiger partial charge in [0.05, 0.1) is 5.02 Å². The molecule has 0 radical (unpaired) electrons. The van der Waals surface area contributed by atoms with Gasteiger partial charge in [-0.3, -0.25) is 0 Å². The van der Waals surface area contributed by atoms with Crippen LogP contribution in [-0.4, -0.2) is 0 Å². The van der Waals surface area contributed by atoms with E-state index in [1.165, 1.54) is 11.1 Å². The topological polar surface area (TPSA) is 12.0 Å². The maximum absolute atomic E-state index is 6.10. The molecule has 2 aromatic carbocycles. The molecule has 1 unspecified atom stereocenters. The summed E-state index contributed by atoms with van der Waals surface area (Å²) in [4.78, 5) is 0. The zero-order valence-electron chi connectivity index (χ0n) is 11.1. The van der Waals surface area contributed by atoms with Crippen LogP contribution in [0.3, 0.4) is 0 Å². The third-order valence-electron chi connectivity index (χ3n) is 3.19. The van der Waals surface area contributed by atoms with Gasteiger partial charge in [0.15, 0.2) is 0 Å². The van der Waals surface area contributed by atoms with Crippen LogP contribution >= 0.6 is 27.5 Å². The van der Waals surface area contributed by atoms with Gasteiger partial charge in [0.1, 0.15) is 0 Å². The van der Waals surface area contributed by atoms with Gasteiger partial charge in [-0.1, -0.05) is 42.8 Å². The predicted octanol–water partition coefficient (Wildman–Crippen LogP) is 5.84. The second-order valence-corrected chi connectivity index (χ2v) is 5.85. The molecule has 0 heterocycles. The van der Waals surface area contributed by atoms with Gasteiger partial charge in [0.25, 0.3) is 0 Å². The summed E-state index contributed by atoms with van der Waals surface area (Å²) in [6, 6.07) is 14.9. The zero-order valence-corrected chi connectivity index (χ0v) is 13.4. The molecule has 1 nitrogen and oxygen atoms in total. The number of hydrogen-bond donors (Lipinski definition) is 1. The summed E-state index contributed by atoms with van der Waals surface area (Å²) in [6.45, 7) is 4.32. The van der Waals surface area contributed by atoms with Gasteiger partial charge in [-0.25, -0.2) is 0 Å². The minimum atomic E-state index is 0.253. The van der Waals surface area contributed by atoms with E-state index in [1.54, 1.807) is 0 Å². The Morgan fingerprint density at radius 2 is 1.84 bits per heavy atom. The van der Waals surface area contributed by atoms with E-state index < -0.39 is 0 Å². The van der Waals surface area contributed by atoms with E-state index in [-0.39, 0.29) is 6.04 Å². The lowest BCUT2D eigenvalue weighted by Crippen LogP contribution is -2.06. The number of halogens is 2. The first-order valence-electron chi connectivity index (χ1n) is 6.40. The molecule has 0 amide bonds. The lowest BCUT2D eigenvalue weighted by atomic mass is 10.0. The Morgan fingerprint density at radius 1 is 1.16 bits per heavy atom. The molecule has 0 aromatic heterocycles. The largest absolute Gasteiger partial charge is 0.378 e. The van der Waals surface area contributed by atoms with Crippen molar-refractivity contribution in [1.29, 1.82) is 0 Å². The van der Waals surface area contributed by atoms with E-state index in [0.717, 1.165) is 21.6 Å². The highest BCUT2D eigenvalue weighted by Gasteiger charge is 2.06. The van der Waals surface area contributed by atoms with E-state index in [2.05, 4.69) is 59.4 Å². The Labute approximate surface area is 128 Å². The first-order valence-corrected chi connectivity index (χ1v) is 7.57. The van der Waals surface area contributed by atoms with Crippen LogP contribution in [0, 0.1) is 0 Å². The van der Waals surface area contributed by atoms with Gasteiger partial charge in [-0.15, -0.1) is 0 Å². The van der Waals surface area contributed by atoms with Crippen molar-refractivity contribution in [2.75, 3.05) is 5.32 Å². The Kier molecular flexibility index (Phi) is 4.89. The van der Waals surface area contributed by atoms with Gasteiger partial charge in [-0.2, -0.15) is 0 Å². The zero-order chi connectivity index (χ0) is 13.8. The molecule has 0 aliphatic rings. The second-order valence-electron chi connectivity index (χ2n) is 4.59. The molecular weight excluding hydrogens is 322 g/mol. The number of nitrogens with one attached hydrogen (secondary N) is 1. The second kappa shape index (κ2) is 6.44. The van der Waals surface area contributed by atoms with E-state index in [4.69, 9.17) is 11.6 Å². The molecule has 1 atom stereocenters. The van der Waals surface area contributed by atoms with Crippen LogP contribution in [0.25, 0.3) is 0 Å². The third kappa shape index (κ3) is 3.74. The average molecular weight is 339 g/mol. The van der Waals surface area contributed by atoms with Crippen LogP contribution in [0.4, 0.5) is 5.69 Å². The van der Waals surface area contributed by atoms with Gasteiger partial charge in [-0.05, 0) is 58.6 Å². The molecule has 0 saturated heterocycles. The highest BCUT2D eigenvalue weighted by molar-refractivity contribution is 9.10. The number of hydrogen-bond acceptors (Lipinski definition) is 1. The lowest BCUT2D eigenvalue weighted by molar-refractivity contribution is 0.883. The summed E-state index contributed by atoms with van der Waals surface area (Å²) in [5.41, 5.74) is 3.67. The maximum atomic E-state index is 6.10. The molecule has 0 aliphatic carbocycles. The van der Waals surface area contributed by atoms with Crippen molar-refractivity contribution in [1.82, 2.24) is 0 Å². The van der Waals surface area contributed by atoms with Crippen molar-refractivity contribution in [3.8, 4) is 0 Å². The number of benzene rings is 2. The molecule has 0 aliphatic heterocycles. The molecule has 19 heavy (non-hydrogen) atoms. The van der Waals surface area contributed by atoms with Gasteiger partial charge >= 0.3 is 0 Å².